The van der Waals surface area contributed by atoms with E-state index < -0.39 is 32.3 Å². The first-order valence-electron chi connectivity index (χ1n) is 6.78. The molecule has 2 rings (SSSR count). The Bertz CT molecular complexity index is 647. The highest BCUT2D eigenvalue weighted by atomic mass is 32.5. The summed E-state index contributed by atoms with van der Waals surface area (Å²) < 4.78 is 64.6. The molecule has 1 aromatic rings. The Kier molecular flexibility index (Phi) is 3.66. The minimum atomic E-state index is -9.89. The summed E-state index contributed by atoms with van der Waals surface area (Å²) in [5.74, 6) is -0.732. The summed E-state index contributed by atoms with van der Waals surface area (Å²) >= 11 is 0. The van der Waals surface area contributed by atoms with Crippen LogP contribution in [0.15, 0.2) is 23.1 Å². The molecule has 0 aromatic heterocycles. The second-order valence-corrected chi connectivity index (χ2v) is 8.33. The zero-order chi connectivity index (χ0) is 17.7. The Morgan fingerprint density at radius 2 is 1.83 bits per heavy atom. The van der Waals surface area contributed by atoms with Crippen LogP contribution in [0.25, 0.3) is 0 Å². The molecule has 1 aromatic carbocycles. The molecule has 0 bridgehead atoms. The topological polar surface area (TPSA) is 49.6 Å². The lowest BCUT2D eigenvalue weighted by Gasteiger charge is -2.40. The molecule has 1 saturated heterocycles. The SMILES string of the molecule is CN(C)[C@H]1CCN(C(=O)c2cc(N)cc(S(F)(F)(F)(F)F)c2)C1. The third kappa shape index (κ3) is 4.05. The first-order chi connectivity index (χ1) is 10.2. The Hall–Kier alpha value is -1.55. The van der Waals surface area contributed by atoms with Gasteiger partial charge in [0.05, 0.1) is 0 Å². The smallest absolute Gasteiger partial charge is 0.310 e. The largest absolute Gasteiger partial charge is 0.399 e. The quantitative estimate of drug-likeness (QED) is 0.661. The van der Waals surface area contributed by atoms with Crippen molar-refractivity contribution in [2.75, 3.05) is 32.9 Å². The zero-order valence-corrected chi connectivity index (χ0v) is 13.4. The van der Waals surface area contributed by atoms with Gasteiger partial charge in [0.1, 0.15) is 4.90 Å². The number of nitrogens with zero attached hydrogens (tertiary/aromatic N) is 2. The summed E-state index contributed by atoms with van der Waals surface area (Å²) in [6.45, 7) is 0.675. The van der Waals surface area contributed by atoms with Gasteiger partial charge in [0.15, 0.2) is 0 Å². The van der Waals surface area contributed by atoms with Gasteiger partial charge < -0.3 is 15.5 Å². The number of hydrogen-bond acceptors (Lipinski definition) is 3. The molecule has 0 saturated carbocycles. The molecule has 1 aliphatic rings. The van der Waals surface area contributed by atoms with Crippen molar-refractivity contribution >= 4 is 21.8 Å². The van der Waals surface area contributed by atoms with E-state index in [9.17, 15) is 24.2 Å². The number of carbonyl (C=O) groups is 1. The lowest BCUT2D eigenvalue weighted by molar-refractivity contribution is 0.0783. The number of rotatable bonds is 3. The van der Waals surface area contributed by atoms with E-state index in [2.05, 4.69) is 0 Å². The van der Waals surface area contributed by atoms with Crippen molar-refractivity contribution in [3.8, 4) is 0 Å². The molecule has 132 valence electrons. The summed E-state index contributed by atoms with van der Waals surface area (Å²) in [5.41, 5.74) is 4.29. The molecule has 4 nitrogen and oxygen atoms in total. The highest BCUT2D eigenvalue weighted by molar-refractivity contribution is 8.45. The molecule has 10 heteroatoms. The maximum Gasteiger partial charge on any atom is 0.310 e. The van der Waals surface area contributed by atoms with Gasteiger partial charge in [0.2, 0.25) is 0 Å². The summed E-state index contributed by atoms with van der Waals surface area (Å²) in [7, 11) is -6.24. The average molecular weight is 359 g/mol. The first kappa shape index (κ1) is 17.8. The van der Waals surface area contributed by atoms with Crippen LogP contribution in [-0.2, 0) is 0 Å². The van der Waals surface area contributed by atoms with Crippen molar-refractivity contribution in [1.29, 1.82) is 0 Å². The third-order valence-electron chi connectivity index (χ3n) is 3.80. The van der Waals surface area contributed by atoms with Crippen LogP contribution < -0.4 is 5.73 Å². The number of benzene rings is 1. The van der Waals surface area contributed by atoms with E-state index in [0.29, 0.717) is 19.5 Å². The Labute approximate surface area is 130 Å². The van der Waals surface area contributed by atoms with Crippen molar-refractivity contribution in [3.05, 3.63) is 23.8 Å². The van der Waals surface area contributed by atoms with E-state index in [-0.39, 0.29) is 18.2 Å². The van der Waals surface area contributed by atoms with Crippen molar-refractivity contribution in [3.63, 3.8) is 0 Å². The van der Waals surface area contributed by atoms with E-state index in [1.54, 1.807) is 0 Å². The van der Waals surface area contributed by atoms with Gasteiger partial charge in [0, 0.05) is 30.4 Å². The van der Waals surface area contributed by atoms with E-state index in [4.69, 9.17) is 5.73 Å². The number of likely N-dealkylation sites (tertiary alicyclic amines) is 1. The fourth-order valence-corrected chi connectivity index (χ4v) is 3.21. The maximum atomic E-state index is 12.9. The number of likely N-dealkylation sites (N-methyl/N-ethyl adjacent to an activating group) is 1. The van der Waals surface area contributed by atoms with Gasteiger partial charge in [-0.25, -0.2) is 0 Å². The number of carbonyl (C=O) groups excluding carboxylic acids is 1. The van der Waals surface area contributed by atoms with Crippen LogP contribution in [0.4, 0.5) is 25.1 Å². The molecule has 0 spiro atoms. The Morgan fingerprint density at radius 3 is 2.30 bits per heavy atom. The molecular weight excluding hydrogens is 341 g/mol. The summed E-state index contributed by atoms with van der Waals surface area (Å²) in [6.07, 6.45) is 0.662. The number of amides is 1. The van der Waals surface area contributed by atoms with Gasteiger partial charge in [-0.15, -0.1) is 0 Å². The minimum absolute atomic E-state index is 0.0788. The lowest BCUT2D eigenvalue weighted by Crippen LogP contribution is -2.34. The second kappa shape index (κ2) is 4.73. The number of nitrogen functional groups attached to an aromatic ring is 1. The van der Waals surface area contributed by atoms with Crippen molar-refractivity contribution in [1.82, 2.24) is 9.80 Å². The van der Waals surface area contributed by atoms with E-state index in [1.165, 1.54) is 4.90 Å². The first-order valence-corrected chi connectivity index (χ1v) is 8.73. The maximum absolute atomic E-state index is 12.9. The van der Waals surface area contributed by atoms with Crippen LogP contribution >= 0.6 is 10.2 Å². The molecule has 0 unspecified atom stereocenters. The number of hydrogen-bond donors (Lipinski definition) is 1. The molecule has 0 radical (unpaired) electrons. The van der Waals surface area contributed by atoms with Crippen molar-refractivity contribution in [2.24, 2.45) is 0 Å². The summed E-state index contributed by atoms with van der Waals surface area (Å²) in [4.78, 5) is 13.4. The molecular formula is C13H18F5N3OS. The van der Waals surface area contributed by atoms with Gasteiger partial charge in [-0.2, -0.15) is 0 Å². The fraction of sp³-hybridized carbons (Fsp3) is 0.462. The van der Waals surface area contributed by atoms with E-state index in [0.717, 1.165) is 6.07 Å². The number of nitrogens with two attached hydrogens (primary N) is 1. The molecule has 1 amide bonds. The van der Waals surface area contributed by atoms with Crippen molar-refractivity contribution in [2.45, 2.75) is 17.4 Å². The standard InChI is InChI=1S/C13H18F5N3OS/c1-20(2)11-3-4-21(8-11)13(22)9-5-10(19)7-12(6-9)23(14,15,16,17)18/h5-7,11H,3-4,8,19H2,1-2H3/t11-/m0/s1. The molecule has 0 aliphatic carbocycles. The molecule has 2 N–H and O–H groups in total. The van der Waals surface area contributed by atoms with Gasteiger partial charge in [0.25, 0.3) is 5.91 Å². The van der Waals surface area contributed by atoms with Crippen LogP contribution in [0.3, 0.4) is 0 Å². The van der Waals surface area contributed by atoms with Gasteiger partial charge >= 0.3 is 10.2 Å². The van der Waals surface area contributed by atoms with Crippen LogP contribution in [0.5, 0.6) is 0 Å². The second-order valence-electron chi connectivity index (χ2n) is 5.92. The van der Waals surface area contributed by atoms with Crippen LogP contribution in [0, 0.1) is 0 Å². The number of anilines is 1. The average Bonchev–Trinajstić information content (AvgIpc) is 2.84. The van der Waals surface area contributed by atoms with Crippen LogP contribution in [-0.4, -0.2) is 48.9 Å². The zero-order valence-electron chi connectivity index (χ0n) is 12.6. The summed E-state index contributed by atoms with van der Waals surface area (Å²) in [5, 5.41) is 0. The normalized spacial score (nSPS) is 22.1. The van der Waals surface area contributed by atoms with Crippen molar-refractivity contribution < 1.29 is 24.2 Å². The van der Waals surface area contributed by atoms with E-state index >= 15 is 0 Å². The predicted molar refractivity (Wildman–Crippen MR) is 80.2 cm³/mol. The number of halogens is 5. The lowest BCUT2D eigenvalue weighted by atomic mass is 10.2. The van der Waals surface area contributed by atoms with E-state index in [1.807, 2.05) is 19.0 Å². The van der Waals surface area contributed by atoms with Gasteiger partial charge in [-0.3, -0.25) is 4.79 Å². The predicted octanol–water partition coefficient (Wildman–Crippen LogP) is 3.70. The van der Waals surface area contributed by atoms with Crippen LogP contribution in [0.1, 0.15) is 16.8 Å². The summed E-state index contributed by atoms with van der Waals surface area (Å²) in [6, 6.07) is 1.40. The highest BCUT2D eigenvalue weighted by Crippen LogP contribution is 3.02. The molecule has 1 heterocycles. The van der Waals surface area contributed by atoms with Gasteiger partial charge in [-0.1, -0.05) is 19.4 Å². The van der Waals surface area contributed by atoms with Crippen LogP contribution in [0.2, 0.25) is 0 Å². The monoisotopic (exact) mass is 359 g/mol. The fourth-order valence-electron chi connectivity index (χ4n) is 2.50. The minimum Gasteiger partial charge on any atom is -0.399 e. The highest BCUT2D eigenvalue weighted by Gasteiger charge is 2.65. The molecule has 23 heavy (non-hydrogen) atoms. The molecule has 1 aliphatic heterocycles. The molecule has 1 atom stereocenters. The Balaban J connectivity index is 2.35. The Morgan fingerprint density at radius 1 is 1.22 bits per heavy atom. The third-order valence-corrected chi connectivity index (χ3v) is 4.93. The van der Waals surface area contributed by atoms with Gasteiger partial charge in [-0.05, 0) is 38.7 Å². The molecule has 1 fully saturated rings.